The van der Waals surface area contributed by atoms with Crippen LogP contribution in [0.3, 0.4) is 0 Å². The van der Waals surface area contributed by atoms with E-state index in [0.29, 0.717) is 52.1 Å². The third-order valence-electron chi connectivity index (χ3n) is 6.99. The molecule has 5 rings (SSSR count). The number of rotatable bonds is 11. The van der Waals surface area contributed by atoms with Crippen LogP contribution in [0, 0.1) is 0 Å². The molecule has 0 aliphatic heterocycles. The van der Waals surface area contributed by atoms with Gasteiger partial charge in [-0.05, 0) is 74.5 Å². The monoisotopic (exact) mass is 702 g/mol. The van der Waals surface area contributed by atoms with Gasteiger partial charge < -0.3 is 24.1 Å². The molecule has 0 fully saturated rings. The van der Waals surface area contributed by atoms with Crippen LogP contribution < -0.4 is 24.5 Å². The van der Waals surface area contributed by atoms with Crippen LogP contribution in [0.25, 0.3) is 22.0 Å². The number of carbonyl (C=O) groups excluding carboxylic acids is 2. The summed E-state index contributed by atoms with van der Waals surface area (Å²) in [4.78, 5) is 31.9. The van der Waals surface area contributed by atoms with Crippen molar-refractivity contribution in [2.75, 3.05) is 32.2 Å². The highest BCUT2D eigenvalue weighted by Crippen LogP contribution is 2.38. The molecule has 4 aromatic carbocycles. The average molecular weight is 704 g/mol. The van der Waals surface area contributed by atoms with Gasteiger partial charge in [0.2, 0.25) is 0 Å². The van der Waals surface area contributed by atoms with Crippen molar-refractivity contribution in [3.05, 3.63) is 105 Å². The molecule has 9 nitrogen and oxygen atoms in total. The molecule has 0 bridgehead atoms. The van der Waals surface area contributed by atoms with Crippen molar-refractivity contribution < 1.29 is 23.8 Å². The standard InChI is InChI=1S/C35H32BrClN4O5/c1-5-44-30-15-11-21(18-31(30)45-6-2)35(43)46-29-16-12-23(36)17-22(29)20-38-40-34(42)33-32(25-9-7-8-10-27(25)37)26-19-24(41(3)4)13-14-28(26)39-33/h7-20,39H,5-6H2,1-4H3,(H,40,42). The number of nitrogens with zero attached hydrogens (tertiary/aromatic N) is 2. The second-order valence-corrected chi connectivity index (χ2v) is 11.6. The number of aromatic nitrogens is 1. The molecule has 46 heavy (non-hydrogen) atoms. The molecule has 2 N–H and O–H groups in total. The van der Waals surface area contributed by atoms with Crippen LogP contribution in [0.2, 0.25) is 5.02 Å². The van der Waals surface area contributed by atoms with Crippen molar-refractivity contribution in [1.82, 2.24) is 10.4 Å². The van der Waals surface area contributed by atoms with E-state index in [1.165, 1.54) is 6.21 Å². The molecular weight excluding hydrogens is 672 g/mol. The lowest BCUT2D eigenvalue weighted by Crippen LogP contribution is -2.19. The maximum atomic E-state index is 13.6. The largest absolute Gasteiger partial charge is 0.490 e. The number of H-pyrrole nitrogens is 1. The number of ether oxygens (including phenoxy) is 3. The third kappa shape index (κ3) is 7.19. The Labute approximate surface area is 280 Å². The van der Waals surface area contributed by atoms with Crippen molar-refractivity contribution in [2.24, 2.45) is 5.10 Å². The molecule has 0 unspecified atom stereocenters. The first kappa shape index (κ1) is 32.6. The number of hydrogen-bond acceptors (Lipinski definition) is 7. The van der Waals surface area contributed by atoms with Crippen molar-refractivity contribution in [2.45, 2.75) is 13.8 Å². The van der Waals surface area contributed by atoms with Crippen LogP contribution in [-0.4, -0.2) is 50.4 Å². The van der Waals surface area contributed by atoms with Crippen LogP contribution in [0.5, 0.6) is 17.2 Å². The lowest BCUT2D eigenvalue weighted by Gasteiger charge is -2.13. The number of hydrogen-bond donors (Lipinski definition) is 2. The van der Waals surface area contributed by atoms with Crippen LogP contribution in [0.1, 0.15) is 40.3 Å². The summed E-state index contributed by atoms with van der Waals surface area (Å²) >= 11 is 10.1. The van der Waals surface area contributed by atoms with E-state index < -0.39 is 11.9 Å². The first-order valence-electron chi connectivity index (χ1n) is 14.5. The normalized spacial score (nSPS) is 11.1. The quantitative estimate of drug-likeness (QED) is 0.0624. The summed E-state index contributed by atoms with van der Waals surface area (Å²) in [6, 6.07) is 23.2. The number of aromatic amines is 1. The fourth-order valence-electron chi connectivity index (χ4n) is 4.84. The van der Waals surface area contributed by atoms with Crippen LogP contribution >= 0.6 is 27.5 Å². The summed E-state index contributed by atoms with van der Waals surface area (Å²) in [5, 5.41) is 5.56. The minimum atomic E-state index is -0.593. The van der Waals surface area contributed by atoms with Gasteiger partial charge in [-0.15, -0.1) is 0 Å². The van der Waals surface area contributed by atoms with E-state index in [1.54, 1.807) is 42.5 Å². The Hall–Kier alpha value is -4.80. The summed E-state index contributed by atoms with van der Waals surface area (Å²) < 4.78 is 17.7. The van der Waals surface area contributed by atoms with Crippen LogP contribution in [-0.2, 0) is 0 Å². The average Bonchev–Trinajstić information content (AvgIpc) is 3.42. The second kappa shape index (κ2) is 14.5. The first-order valence-corrected chi connectivity index (χ1v) is 15.7. The lowest BCUT2D eigenvalue weighted by molar-refractivity contribution is 0.0733. The minimum absolute atomic E-state index is 0.247. The van der Waals surface area contributed by atoms with E-state index in [-0.39, 0.29) is 11.3 Å². The molecule has 1 aromatic heterocycles. The number of fused-ring (bicyclic) bond motifs is 1. The summed E-state index contributed by atoms with van der Waals surface area (Å²) in [5.41, 5.74) is 6.78. The highest BCUT2D eigenvalue weighted by Gasteiger charge is 2.22. The minimum Gasteiger partial charge on any atom is -0.490 e. The molecule has 5 aromatic rings. The molecule has 0 saturated heterocycles. The summed E-state index contributed by atoms with van der Waals surface area (Å²) in [6.07, 6.45) is 1.41. The fraction of sp³-hybridized carbons (Fsp3) is 0.171. The lowest BCUT2D eigenvalue weighted by atomic mass is 10.0. The van der Waals surface area contributed by atoms with Crippen molar-refractivity contribution in [3.8, 4) is 28.4 Å². The number of nitrogens with one attached hydrogen (secondary N) is 2. The second-order valence-electron chi connectivity index (χ2n) is 10.3. The molecule has 11 heteroatoms. The van der Waals surface area contributed by atoms with Crippen molar-refractivity contribution in [3.63, 3.8) is 0 Å². The van der Waals surface area contributed by atoms with E-state index in [0.717, 1.165) is 21.1 Å². The molecule has 1 amide bonds. The summed E-state index contributed by atoms with van der Waals surface area (Å²) in [7, 11) is 3.91. The number of anilines is 1. The van der Waals surface area contributed by atoms with Crippen LogP contribution in [0.4, 0.5) is 5.69 Å². The van der Waals surface area contributed by atoms with Gasteiger partial charge in [0.15, 0.2) is 11.5 Å². The number of halogens is 2. The Morgan fingerprint density at radius 1 is 0.935 bits per heavy atom. The SMILES string of the molecule is CCOc1ccc(C(=O)Oc2ccc(Br)cc2C=NNC(=O)c2[nH]c3ccc(N(C)C)cc3c2-c2ccccc2Cl)cc1OCC. The Kier molecular flexibility index (Phi) is 10.3. The Bertz CT molecular complexity index is 1940. The topological polar surface area (TPSA) is 105 Å². The van der Waals surface area contributed by atoms with Gasteiger partial charge in [0, 0.05) is 56.9 Å². The molecular formula is C35H32BrClN4O5. The zero-order chi connectivity index (χ0) is 32.8. The van der Waals surface area contributed by atoms with Crippen molar-refractivity contribution >= 4 is 62.2 Å². The Balaban J connectivity index is 1.41. The van der Waals surface area contributed by atoms with Crippen molar-refractivity contribution in [1.29, 1.82) is 0 Å². The van der Waals surface area contributed by atoms with Gasteiger partial charge in [-0.3, -0.25) is 4.79 Å². The molecule has 0 spiro atoms. The van der Waals surface area contributed by atoms with Gasteiger partial charge >= 0.3 is 5.97 Å². The summed E-state index contributed by atoms with van der Waals surface area (Å²) in [6.45, 7) is 4.59. The van der Waals surface area contributed by atoms with Gasteiger partial charge in [0.05, 0.1) is 25.0 Å². The van der Waals surface area contributed by atoms with E-state index >= 15 is 0 Å². The smallest absolute Gasteiger partial charge is 0.343 e. The van der Waals surface area contributed by atoms with E-state index in [9.17, 15) is 9.59 Å². The van der Waals surface area contributed by atoms with E-state index in [2.05, 4.69) is 31.4 Å². The highest BCUT2D eigenvalue weighted by molar-refractivity contribution is 9.10. The number of hydrazone groups is 1. The van der Waals surface area contributed by atoms with Crippen LogP contribution in [0.15, 0.2) is 88.4 Å². The van der Waals surface area contributed by atoms with E-state index in [4.69, 9.17) is 25.8 Å². The molecule has 0 atom stereocenters. The number of amides is 1. The molecule has 0 aliphatic carbocycles. The molecule has 0 aliphatic rings. The number of carbonyl (C=O) groups is 2. The molecule has 0 radical (unpaired) electrons. The first-order chi connectivity index (χ1) is 22.2. The predicted octanol–water partition coefficient (Wildman–Crippen LogP) is 8.10. The summed E-state index contributed by atoms with van der Waals surface area (Å²) in [5.74, 6) is 0.172. The molecule has 1 heterocycles. The number of esters is 1. The Morgan fingerprint density at radius 3 is 2.41 bits per heavy atom. The fourth-order valence-corrected chi connectivity index (χ4v) is 5.45. The van der Waals surface area contributed by atoms with E-state index in [1.807, 2.05) is 69.2 Å². The Morgan fingerprint density at radius 2 is 1.67 bits per heavy atom. The predicted molar refractivity (Wildman–Crippen MR) is 186 cm³/mol. The number of benzene rings is 4. The zero-order valence-electron chi connectivity index (χ0n) is 25.7. The van der Waals surface area contributed by atoms with Gasteiger partial charge in [-0.1, -0.05) is 45.7 Å². The molecule has 236 valence electrons. The zero-order valence-corrected chi connectivity index (χ0v) is 28.0. The highest BCUT2D eigenvalue weighted by atomic mass is 79.9. The maximum Gasteiger partial charge on any atom is 0.343 e. The van der Waals surface area contributed by atoms with Gasteiger partial charge in [0.1, 0.15) is 11.4 Å². The van der Waals surface area contributed by atoms with Gasteiger partial charge in [-0.2, -0.15) is 5.10 Å². The maximum absolute atomic E-state index is 13.6. The molecule has 0 saturated carbocycles. The van der Waals surface area contributed by atoms with Gasteiger partial charge in [0.25, 0.3) is 5.91 Å². The van der Waals surface area contributed by atoms with Gasteiger partial charge in [-0.25, -0.2) is 10.2 Å². The third-order valence-corrected chi connectivity index (χ3v) is 7.81.